The van der Waals surface area contributed by atoms with Gasteiger partial charge in [-0.05, 0) is 12.8 Å². The van der Waals surface area contributed by atoms with Gasteiger partial charge in [0.1, 0.15) is 5.72 Å². The smallest absolute Gasteiger partial charge is 0.125 e. The van der Waals surface area contributed by atoms with Gasteiger partial charge < -0.3 is 4.74 Å². The average molecular weight is 125 g/mol. The molecule has 3 aliphatic rings. The van der Waals surface area contributed by atoms with Crippen LogP contribution in [-0.2, 0) is 4.74 Å². The van der Waals surface area contributed by atoms with E-state index in [4.69, 9.17) is 4.74 Å². The molecular weight excluding hydrogens is 114 g/mol. The van der Waals surface area contributed by atoms with E-state index in [-0.39, 0.29) is 0 Å². The molecule has 0 amide bonds. The molecule has 2 unspecified atom stereocenters. The van der Waals surface area contributed by atoms with Crippen LogP contribution in [0.2, 0.25) is 0 Å². The molecule has 0 N–H and O–H groups in total. The molecule has 2 aliphatic heterocycles. The molecule has 2 heteroatoms. The minimum atomic E-state index is 0.306. The Bertz CT molecular complexity index is 159. The highest BCUT2D eigenvalue weighted by atomic mass is 16.5. The summed E-state index contributed by atoms with van der Waals surface area (Å²) >= 11 is 0. The van der Waals surface area contributed by atoms with Gasteiger partial charge in [0.2, 0.25) is 0 Å². The fourth-order valence-corrected chi connectivity index (χ4v) is 2.45. The quantitative estimate of drug-likeness (QED) is 0.465. The average Bonchev–Trinajstić information content (AvgIpc) is 2.23. The lowest BCUT2D eigenvalue weighted by atomic mass is 9.68. The van der Waals surface area contributed by atoms with E-state index in [2.05, 4.69) is 4.90 Å². The van der Waals surface area contributed by atoms with Crippen molar-refractivity contribution >= 4 is 0 Å². The molecular formula is C7H11NO. The number of hydrogen-bond donors (Lipinski definition) is 0. The molecule has 50 valence electrons. The second-order valence-corrected chi connectivity index (χ2v) is 3.37. The summed E-state index contributed by atoms with van der Waals surface area (Å²) < 4.78 is 5.66. The van der Waals surface area contributed by atoms with E-state index in [1.165, 1.54) is 25.9 Å². The standard InChI is InChI=1S/C7H11NO/c1-2-7-6(1)5-8(7)3-4-9-7/h6H,1-5H2. The molecule has 2 atom stereocenters. The Balaban J connectivity index is 1.95. The number of nitrogens with zero attached hydrogens (tertiary/aromatic N) is 1. The van der Waals surface area contributed by atoms with E-state index in [1.807, 2.05) is 0 Å². The summed E-state index contributed by atoms with van der Waals surface area (Å²) in [5.74, 6) is 0.917. The number of hydrogen-bond acceptors (Lipinski definition) is 2. The molecule has 3 fully saturated rings. The van der Waals surface area contributed by atoms with Crippen LogP contribution in [0.4, 0.5) is 0 Å². The van der Waals surface area contributed by atoms with Gasteiger partial charge in [-0.1, -0.05) is 0 Å². The summed E-state index contributed by atoms with van der Waals surface area (Å²) in [6.07, 6.45) is 2.72. The van der Waals surface area contributed by atoms with Crippen LogP contribution >= 0.6 is 0 Å². The van der Waals surface area contributed by atoms with Gasteiger partial charge in [0, 0.05) is 19.0 Å². The van der Waals surface area contributed by atoms with E-state index in [0.717, 1.165) is 12.5 Å². The minimum absolute atomic E-state index is 0.306. The van der Waals surface area contributed by atoms with Crippen molar-refractivity contribution in [3.05, 3.63) is 0 Å². The van der Waals surface area contributed by atoms with E-state index in [1.54, 1.807) is 0 Å². The fourth-order valence-electron chi connectivity index (χ4n) is 2.45. The van der Waals surface area contributed by atoms with E-state index >= 15 is 0 Å². The van der Waals surface area contributed by atoms with Crippen molar-refractivity contribution < 1.29 is 4.74 Å². The van der Waals surface area contributed by atoms with Crippen LogP contribution in [0.5, 0.6) is 0 Å². The molecule has 2 heterocycles. The van der Waals surface area contributed by atoms with E-state index in [9.17, 15) is 0 Å². The van der Waals surface area contributed by atoms with Crippen molar-refractivity contribution in [1.82, 2.24) is 4.90 Å². The zero-order valence-corrected chi connectivity index (χ0v) is 5.47. The number of ether oxygens (including phenoxy) is 1. The summed E-state index contributed by atoms with van der Waals surface area (Å²) in [6.45, 7) is 3.49. The Morgan fingerprint density at radius 3 is 3.00 bits per heavy atom. The molecule has 1 spiro atoms. The molecule has 0 radical (unpaired) electrons. The molecule has 3 rings (SSSR count). The van der Waals surface area contributed by atoms with Gasteiger partial charge in [-0.2, -0.15) is 0 Å². The monoisotopic (exact) mass is 125 g/mol. The third-order valence-electron chi connectivity index (χ3n) is 3.18. The number of rotatable bonds is 0. The highest BCUT2D eigenvalue weighted by Crippen LogP contribution is 2.54. The summed E-state index contributed by atoms with van der Waals surface area (Å²) in [5.41, 5.74) is 0.306. The van der Waals surface area contributed by atoms with Crippen LogP contribution in [0.25, 0.3) is 0 Å². The molecule has 9 heavy (non-hydrogen) atoms. The molecule has 0 aromatic rings. The van der Waals surface area contributed by atoms with Crippen molar-refractivity contribution in [2.24, 2.45) is 5.92 Å². The first-order valence-electron chi connectivity index (χ1n) is 3.81. The predicted molar refractivity (Wildman–Crippen MR) is 33.0 cm³/mol. The molecule has 0 aromatic heterocycles. The zero-order valence-electron chi connectivity index (χ0n) is 5.47. The zero-order chi connectivity index (χ0) is 5.90. The maximum absolute atomic E-state index is 5.66. The lowest BCUT2D eigenvalue weighted by molar-refractivity contribution is -0.258. The molecule has 2 nitrogen and oxygen atoms in total. The van der Waals surface area contributed by atoms with Gasteiger partial charge in [-0.15, -0.1) is 0 Å². The summed E-state index contributed by atoms with van der Waals surface area (Å²) in [6, 6.07) is 0. The summed E-state index contributed by atoms with van der Waals surface area (Å²) in [7, 11) is 0. The Morgan fingerprint density at radius 1 is 1.56 bits per heavy atom. The van der Waals surface area contributed by atoms with Crippen molar-refractivity contribution in [3.63, 3.8) is 0 Å². The maximum Gasteiger partial charge on any atom is 0.125 e. The fraction of sp³-hybridized carbons (Fsp3) is 1.00. The summed E-state index contributed by atoms with van der Waals surface area (Å²) in [5, 5.41) is 0. The van der Waals surface area contributed by atoms with Crippen LogP contribution in [0.1, 0.15) is 12.8 Å². The van der Waals surface area contributed by atoms with Crippen LogP contribution in [0.15, 0.2) is 0 Å². The van der Waals surface area contributed by atoms with Crippen LogP contribution < -0.4 is 0 Å². The number of piperidine rings is 1. The van der Waals surface area contributed by atoms with Crippen LogP contribution in [0, 0.1) is 5.92 Å². The summed E-state index contributed by atoms with van der Waals surface area (Å²) in [4.78, 5) is 2.49. The Labute approximate surface area is 54.8 Å². The van der Waals surface area contributed by atoms with Gasteiger partial charge in [-0.3, -0.25) is 4.90 Å². The maximum atomic E-state index is 5.66. The SMILES string of the molecule is C1CN2CC3CCC32O1. The van der Waals surface area contributed by atoms with Crippen molar-refractivity contribution in [2.75, 3.05) is 19.7 Å². The third kappa shape index (κ3) is 0.332. The van der Waals surface area contributed by atoms with E-state index in [0.29, 0.717) is 5.72 Å². The van der Waals surface area contributed by atoms with Gasteiger partial charge in [0.25, 0.3) is 0 Å². The first-order valence-corrected chi connectivity index (χ1v) is 3.81. The second-order valence-electron chi connectivity index (χ2n) is 3.37. The lowest BCUT2D eigenvalue weighted by Gasteiger charge is -2.61. The van der Waals surface area contributed by atoms with Crippen molar-refractivity contribution in [2.45, 2.75) is 18.6 Å². The Morgan fingerprint density at radius 2 is 2.56 bits per heavy atom. The van der Waals surface area contributed by atoms with Crippen molar-refractivity contribution in [3.8, 4) is 0 Å². The Hall–Kier alpha value is -0.0800. The largest absolute Gasteiger partial charge is 0.359 e. The predicted octanol–water partition coefficient (Wildman–Crippen LogP) is 0.438. The van der Waals surface area contributed by atoms with Crippen molar-refractivity contribution in [1.29, 1.82) is 0 Å². The topological polar surface area (TPSA) is 12.5 Å². The molecule has 0 aromatic carbocycles. The van der Waals surface area contributed by atoms with Crippen LogP contribution in [0.3, 0.4) is 0 Å². The van der Waals surface area contributed by atoms with Gasteiger partial charge >= 0.3 is 0 Å². The highest BCUT2D eigenvalue weighted by Gasteiger charge is 2.62. The second kappa shape index (κ2) is 1.18. The lowest BCUT2D eigenvalue weighted by Crippen LogP contribution is -2.70. The molecule has 2 saturated heterocycles. The molecule has 1 aliphatic carbocycles. The normalized spacial score (nSPS) is 55.3. The Kier molecular flexibility index (Phi) is 0.616. The van der Waals surface area contributed by atoms with Gasteiger partial charge in [0.05, 0.1) is 6.61 Å². The first-order chi connectivity index (χ1) is 4.42. The molecule has 1 saturated carbocycles. The molecule has 0 bridgehead atoms. The first kappa shape index (κ1) is 4.69. The minimum Gasteiger partial charge on any atom is -0.359 e. The highest BCUT2D eigenvalue weighted by molar-refractivity contribution is 5.09. The van der Waals surface area contributed by atoms with E-state index < -0.39 is 0 Å². The van der Waals surface area contributed by atoms with Crippen LogP contribution in [-0.4, -0.2) is 30.3 Å². The van der Waals surface area contributed by atoms with Gasteiger partial charge in [0.15, 0.2) is 0 Å². The van der Waals surface area contributed by atoms with Gasteiger partial charge in [-0.25, -0.2) is 0 Å². The third-order valence-corrected chi connectivity index (χ3v) is 3.18.